The lowest BCUT2D eigenvalue weighted by Crippen LogP contribution is -2.41. The van der Waals surface area contributed by atoms with Crippen LogP contribution in [0.4, 0.5) is 4.39 Å². The molecule has 5 aromatic rings. The van der Waals surface area contributed by atoms with Gasteiger partial charge in [0.1, 0.15) is 6.08 Å². The van der Waals surface area contributed by atoms with Gasteiger partial charge in [-0.15, -0.1) is 0 Å². The van der Waals surface area contributed by atoms with Crippen molar-refractivity contribution in [1.82, 2.24) is 0 Å². The van der Waals surface area contributed by atoms with Gasteiger partial charge in [0.05, 0.1) is 65.9 Å². The molecule has 3 aliphatic heterocycles. The maximum absolute atomic E-state index is 9.96. The van der Waals surface area contributed by atoms with E-state index >= 15 is 0 Å². The van der Waals surface area contributed by atoms with E-state index in [-0.39, 0.29) is 51.6 Å². The number of hydrogen-bond donors (Lipinski definition) is 0. The lowest BCUT2D eigenvalue weighted by Gasteiger charge is -2.32. The normalized spacial score (nSPS) is 21.9. The molecule has 0 spiro atoms. The SMILES string of the molecule is CC1(C)OB(B2OC(C)(C)C(C)(C)O2)OC1(C)C.CC1(C)c2ccccc2-c2ccc(-c3cccc(B4OC(C)(C)C(C)(C)O4)c3)cc21.CC1(C)c2ccccc2-c2ccc(C3=CC(Br)=[C+]C=C3)cc21.[2H]CF. The van der Waals surface area contributed by atoms with Crippen LogP contribution in [0.3, 0.4) is 0 Å². The highest BCUT2D eigenvalue weighted by Crippen LogP contribution is 2.51. The number of alkyl halides is 1. The monoisotopic (exact) mass is 1030 g/mol. The maximum atomic E-state index is 9.96. The number of benzene rings is 5. The fourth-order valence-electron chi connectivity index (χ4n) is 10.2. The topological polar surface area (TPSA) is 55.4 Å². The summed E-state index contributed by atoms with van der Waals surface area (Å²) in [6.45, 7) is 33.9. The van der Waals surface area contributed by atoms with E-state index in [2.05, 4.69) is 199 Å². The zero-order valence-electron chi connectivity index (χ0n) is 46.3. The van der Waals surface area contributed by atoms with Gasteiger partial charge >= 0.3 is 21.1 Å². The van der Waals surface area contributed by atoms with Crippen molar-refractivity contribution in [2.45, 2.75) is 155 Å². The molecule has 6 nitrogen and oxygen atoms in total. The lowest BCUT2D eigenvalue weighted by molar-refractivity contribution is 0.00578. The summed E-state index contributed by atoms with van der Waals surface area (Å²) in [5.74, 6) is 0. The van der Waals surface area contributed by atoms with Gasteiger partial charge in [-0.25, -0.2) is 0 Å². The van der Waals surface area contributed by atoms with Crippen molar-refractivity contribution < 1.29 is 33.7 Å². The van der Waals surface area contributed by atoms with E-state index in [4.69, 9.17) is 29.3 Å². The van der Waals surface area contributed by atoms with E-state index in [0.717, 1.165) is 9.95 Å². The molecule has 3 saturated heterocycles. The summed E-state index contributed by atoms with van der Waals surface area (Å²) in [7, 11) is -2.29. The van der Waals surface area contributed by atoms with Crippen molar-refractivity contribution in [3.63, 3.8) is 0 Å². The second-order valence-electron chi connectivity index (χ2n) is 23.8. The van der Waals surface area contributed by atoms with Gasteiger partial charge in [-0.3, -0.25) is 4.39 Å². The Hall–Kier alpha value is -4.41. The summed E-state index contributed by atoms with van der Waals surface area (Å²) in [6, 6.07) is 39.8. The van der Waals surface area contributed by atoms with Gasteiger partial charge in [0.15, 0.2) is 4.48 Å². The maximum Gasteiger partial charge on any atom is 0.494 e. The summed E-state index contributed by atoms with van der Waals surface area (Å²) in [5.41, 5.74) is 15.0. The van der Waals surface area contributed by atoms with Crippen molar-refractivity contribution in [3.8, 4) is 33.4 Å². The van der Waals surface area contributed by atoms with Crippen LogP contribution in [0.2, 0.25) is 0 Å². The van der Waals surface area contributed by atoms with E-state index in [1.807, 2.05) is 61.5 Å². The minimum absolute atomic E-state index is 0.00523. The molecule has 374 valence electrons. The molecule has 0 N–H and O–H groups in total. The van der Waals surface area contributed by atoms with Crippen molar-refractivity contribution in [2.24, 2.45) is 0 Å². The Labute approximate surface area is 441 Å². The molecule has 5 aromatic carbocycles. The Balaban J connectivity index is 0.000000147. The summed E-state index contributed by atoms with van der Waals surface area (Å²) in [4.78, 5) is 0. The largest absolute Gasteiger partial charge is 0.494 e. The second kappa shape index (κ2) is 19.1. The molecular formula is C61H72B3BrFO6+. The van der Waals surface area contributed by atoms with Crippen LogP contribution in [0, 0.1) is 6.08 Å². The van der Waals surface area contributed by atoms with Gasteiger partial charge in [-0.2, -0.15) is 0 Å². The average Bonchev–Trinajstić information content (AvgIpc) is 3.96. The summed E-state index contributed by atoms with van der Waals surface area (Å²) < 4.78 is 52.9. The minimum Gasteiger partial charge on any atom is -0.405 e. The Morgan fingerprint density at radius 3 is 1.31 bits per heavy atom. The first-order valence-electron chi connectivity index (χ1n) is 25.9. The van der Waals surface area contributed by atoms with Gasteiger partial charge in [-0.05, 0) is 172 Å². The first-order chi connectivity index (χ1) is 34.0. The number of rotatable bonds is 4. The van der Waals surface area contributed by atoms with Crippen LogP contribution in [0.15, 0.2) is 132 Å². The molecule has 11 rings (SSSR count). The third kappa shape index (κ3) is 9.63. The van der Waals surface area contributed by atoms with Gasteiger partial charge in [0.25, 0.3) is 0 Å². The summed E-state index contributed by atoms with van der Waals surface area (Å²) >= 11 is 3.51. The average molecular weight is 1030 g/mol. The fourth-order valence-corrected chi connectivity index (χ4v) is 10.6. The predicted octanol–water partition coefficient (Wildman–Crippen LogP) is 14.8. The molecule has 72 heavy (non-hydrogen) atoms. The van der Waals surface area contributed by atoms with E-state index in [1.165, 1.54) is 66.8 Å². The highest BCUT2D eigenvalue weighted by atomic mass is 79.9. The first-order valence-corrected chi connectivity index (χ1v) is 26.0. The van der Waals surface area contributed by atoms with Crippen molar-refractivity contribution >= 4 is 48.1 Å². The molecular weight excluding hydrogens is 960 g/mol. The number of halogens is 2. The number of fused-ring (bicyclic) bond motifs is 6. The summed E-state index contributed by atoms with van der Waals surface area (Å²) in [5, 5.41) is 0. The molecule has 0 amide bonds. The third-order valence-electron chi connectivity index (χ3n) is 16.8. The Bertz CT molecular complexity index is 2910. The molecule has 0 atom stereocenters. The summed E-state index contributed by atoms with van der Waals surface area (Å²) in [6.07, 6.45) is 9.34. The Morgan fingerprint density at radius 1 is 0.458 bits per heavy atom. The molecule has 0 radical (unpaired) electrons. The Kier molecular flexibility index (Phi) is 13.9. The molecule has 0 saturated carbocycles. The smallest absolute Gasteiger partial charge is 0.405 e. The highest BCUT2D eigenvalue weighted by Gasteiger charge is 2.64. The second-order valence-corrected chi connectivity index (χ2v) is 24.6. The molecule has 0 bridgehead atoms. The van der Waals surface area contributed by atoms with Gasteiger partial charge < -0.3 is 27.9 Å². The third-order valence-corrected chi connectivity index (χ3v) is 17.2. The van der Waals surface area contributed by atoms with Crippen molar-refractivity contribution in [2.75, 3.05) is 7.15 Å². The molecule has 0 unspecified atom stereocenters. The van der Waals surface area contributed by atoms with Gasteiger partial charge in [-0.1, -0.05) is 125 Å². The van der Waals surface area contributed by atoms with Crippen molar-refractivity contribution in [1.29, 1.82) is 0 Å². The van der Waals surface area contributed by atoms with E-state index < -0.39 is 21.2 Å². The van der Waals surface area contributed by atoms with Crippen LogP contribution in [0.1, 0.15) is 140 Å². The van der Waals surface area contributed by atoms with Crippen LogP contribution >= 0.6 is 15.9 Å². The predicted molar refractivity (Wildman–Crippen MR) is 301 cm³/mol. The van der Waals surface area contributed by atoms with Crippen LogP contribution < -0.4 is 5.46 Å². The van der Waals surface area contributed by atoms with E-state index in [1.54, 1.807) is 0 Å². The van der Waals surface area contributed by atoms with Crippen molar-refractivity contribution in [3.05, 3.63) is 166 Å². The minimum atomic E-state index is -1.00. The van der Waals surface area contributed by atoms with E-state index in [0.29, 0.717) is 0 Å². The standard InChI is InChI=1S/C27H29BO2.C21H16Br.C12H24B2O4.CH3F/c1-25(2)23-13-8-7-12-21(23)22-15-14-19(17-24(22)25)18-10-9-11-20(16-18)28-29-26(3,4)27(5,6)30-28;1-21(2)19-9-4-3-8-17(19)18-11-10-15(13-20(18)21)14-6-5-7-16(22)12-14;1-9(2)10(3,4)16-13(15-9)14-17-11(5,6)12(7,8)18-14;1-2/h7-17H,1-6H3;3-6,8-13H,1-2H3;1-8H3;1H3/q;+1;;/i;;;1D. The number of allylic oxidation sites excluding steroid dienone is 6. The zero-order chi connectivity index (χ0) is 53.3. The molecule has 11 heteroatoms. The van der Waals surface area contributed by atoms with Gasteiger partial charge in [0.2, 0.25) is 0 Å². The van der Waals surface area contributed by atoms with Crippen LogP contribution in [-0.2, 0) is 38.8 Å². The zero-order valence-corrected chi connectivity index (χ0v) is 46.9. The van der Waals surface area contributed by atoms with Crippen LogP contribution in [-0.4, -0.2) is 61.9 Å². The molecule has 3 heterocycles. The fraction of sp³-hybridized carbons (Fsp3) is 0.410. The Morgan fingerprint density at radius 2 is 0.847 bits per heavy atom. The van der Waals surface area contributed by atoms with Crippen LogP contribution in [0.25, 0.3) is 39.0 Å². The first kappa shape index (κ1) is 52.5. The molecule has 0 aromatic heterocycles. The molecule has 3 fully saturated rings. The lowest BCUT2D eigenvalue weighted by atomic mass is 9.49. The van der Waals surface area contributed by atoms with E-state index in [9.17, 15) is 4.39 Å². The molecule has 3 aliphatic carbocycles. The van der Waals surface area contributed by atoms with Crippen LogP contribution in [0.5, 0.6) is 0 Å². The van der Waals surface area contributed by atoms with Gasteiger partial charge in [0, 0.05) is 16.4 Å². The molecule has 6 aliphatic rings. The highest BCUT2D eigenvalue weighted by molar-refractivity contribution is 9.11. The number of hydrogen-bond acceptors (Lipinski definition) is 6. The quantitative estimate of drug-likeness (QED) is 0.132.